The number of anilines is 3. The molecular weight excluding hydrogens is 306 g/mol. The van der Waals surface area contributed by atoms with E-state index in [4.69, 9.17) is 0 Å². The fraction of sp³-hybridized carbons (Fsp3) is 0.278. The summed E-state index contributed by atoms with van der Waals surface area (Å²) in [5.74, 6) is 0.00927. The molecule has 6 nitrogen and oxygen atoms in total. The molecular formula is C18H21N3O3. The van der Waals surface area contributed by atoms with Crippen LogP contribution in [0.2, 0.25) is 0 Å². The number of hydrogen-bond donors (Lipinski definition) is 2. The van der Waals surface area contributed by atoms with Crippen molar-refractivity contribution in [1.29, 1.82) is 0 Å². The largest absolute Gasteiger partial charge is 0.350 e. The second-order valence-corrected chi connectivity index (χ2v) is 6.72. The predicted molar refractivity (Wildman–Crippen MR) is 95.9 cm³/mol. The molecule has 1 amide bonds. The first kappa shape index (κ1) is 16.0. The lowest BCUT2D eigenvalue weighted by molar-refractivity contribution is -0.383. The van der Waals surface area contributed by atoms with Gasteiger partial charge in [0.2, 0.25) is 5.91 Å². The van der Waals surface area contributed by atoms with Crippen molar-refractivity contribution in [3.05, 3.63) is 57.6 Å². The lowest BCUT2D eigenvalue weighted by Crippen LogP contribution is -2.33. The smallest absolute Gasteiger partial charge is 0.292 e. The molecule has 0 unspecified atom stereocenters. The van der Waals surface area contributed by atoms with Crippen molar-refractivity contribution in [3.8, 4) is 0 Å². The Hall–Kier alpha value is -2.89. The number of para-hydroxylation sites is 2. The van der Waals surface area contributed by atoms with Crippen LogP contribution in [0.25, 0.3) is 0 Å². The van der Waals surface area contributed by atoms with Crippen molar-refractivity contribution < 1.29 is 11.1 Å². The molecule has 1 heterocycles. The summed E-state index contributed by atoms with van der Waals surface area (Å²) < 4.78 is 0. The van der Waals surface area contributed by atoms with E-state index in [2.05, 4.69) is 10.6 Å². The van der Waals surface area contributed by atoms with E-state index in [-0.39, 0.29) is 18.4 Å². The van der Waals surface area contributed by atoms with Gasteiger partial charge in [-0.2, -0.15) is 0 Å². The topological polar surface area (TPSA) is 84.3 Å². The van der Waals surface area contributed by atoms with Crippen molar-refractivity contribution in [2.75, 3.05) is 10.6 Å². The summed E-state index contributed by atoms with van der Waals surface area (Å²) in [5, 5.41) is 17.2. The summed E-state index contributed by atoms with van der Waals surface area (Å²) in [7, 11) is 0. The first-order valence-electron chi connectivity index (χ1n) is 7.73. The quantitative estimate of drug-likeness (QED) is 0.641. The average Bonchev–Trinajstić information content (AvgIpc) is 2.48. The van der Waals surface area contributed by atoms with Gasteiger partial charge in [0, 0.05) is 30.7 Å². The van der Waals surface area contributed by atoms with Crippen LogP contribution in [0.5, 0.6) is 0 Å². The number of rotatable bonds is 3. The third-order valence-corrected chi connectivity index (χ3v) is 4.31. The number of fused-ring (bicyclic) bond motifs is 1. The van der Waals surface area contributed by atoms with Crippen LogP contribution in [0.3, 0.4) is 0 Å². The molecule has 126 valence electrons. The summed E-state index contributed by atoms with van der Waals surface area (Å²) in [6.07, 6.45) is 0.411. The number of benzene rings is 2. The Bertz CT molecular complexity index is 849. The maximum Gasteiger partial charge on any atom is 0.292 e. The van der Waals surface area contributed by atoms with E-state index in [1.165, 1.54) is 6.07 Å². The van der Waals surface area contributed by atoms with E-state index < -0.39 is 4.92 Å². The minimum Gasteiger partial charge on any atom is -0.350 e. The zero-order valence-electron chi connectivity index (χ0n) is 13.8. The molecule has 0 saturated heterocycles. The van der Waals surface area contributed by atoms with E-state index in [1.807, 2.05) is 32.9 Å². The van der Waals surface area contributed by atoms with Gasteiger partial charge >= 0.3 is 0 Å². The fourth-order valence-electron chi connectivity index (χ4n) is 3.13. The van der Waals surface area contributed by atoms with Gasteiger partial charge in [0.15, 0.2) is 0 Å². The van der Waals surface area contributed by atoms with E-state index >= 15 is 0 Å². The maximum absolute atomic E-state index is 11.9. The number of hydrogen-bond acceptors (Lipinski definition) is 4. The molecule has 1 aliphatic heterocycles. The van der Waals surface area contributed by atoms with Gasteiger partial charge in [-0.15, -0.1) is 0 Å². The van der Waals surface area contributed by atoms with Crippen LogP contribution in [0.1, 0.15) is 32.8 Å². The lowest BCUT2D eigenvalue weighted by Gasteiger charge is -2.33. The van der Waals surface area contributed by atoms with Crippen LogP contribution >= 0.6 is 0 Å². The second-order valence-electron chi connectivity index (χ2n) is 6.72. The zero-order chi connectivity index (χ0) is 17.5. The molecule has 0 fully saturated rings. The highest BCUT2D eigenvalue weighted by atomic mass is 16.6. The number of nitrogens with zero attached hydrogens (tertiary/aromatic N) is 1. The normalized spacial score (nSPS) is 15.4. The molecule has 0 aliphatic carbocycles. The standard InChI is InChI=1S/C18H19N3O3.H2/c1-11-8-12(19-14-6-4-5-7-15(14)21(23)24)9-13-17(11)20-16(22)10-18(13,2)3;/h4-9,19H,10H2,1-3H3,(H,20,22);1H. The van der Waals surface area contributed by atoms with Crippen molar-refractivity contribution in [2.24, 2.45) is 0 Å². The van der Waals surface area contributed by atoms with Gasteiger partial charge in [-0.05, 0) is 36.2 Å². The highest BCUT2D eigenvalue weighted by molar-refractivity contribution is 5.97. The number of carbonyl (C=O) groups excluding carboxylic acids is 1. The van der Waals surface area contributed by atoms with Gasteiger partial charge in [-0.1, -0.05) is 26.0 Å². The van der Waals surface area contributed by atoms with Gasteiger partial charge in [-0.3, -0.25) is 14.9 Å². The number of aryl methyl sites for hydroxylation is 1. The lowest BCUT2D eigenvalue weighted by atomic mass is 9.77. The van der Waals surface area contributed by atoms with Crippen molar-refractivity contribution in [3.63, 3.8) is 0 Å². The van der Waals surface area contributed by atoms with Crippen molar-refractivity contribution in [2.45, 2.75) is 32.6 Å². The molecule has 24 heavy (non-hydrogen) atoms. The molecule has 1 aliphatic rings. The Labute approximate surface area is 141 Å². The third kappa shape index (κ3) is 2.82. The third-order valence-electron chi connectivity index (χ3n) is 4.31. The highest BCUT2D eigenvalue weighted by Crippen LogP contribution is 2.41. The molecule has 0 spiro atoms. The SMILES string of the molecule is Cc1cc(Nc2ccccc2[N+](=O)[O-])cc2c1NC(=O)CC2(C)C.[HH]. The molecule has 2 N–H and O–H groups in total. The monoisotopic (exact) mass is 327 g/mol. The maximum atomic E-state index is 11.9. The Morgan fingerprint density at radius 2 is 2.00 bits per heavy atom. The van der Waals surface area contributed by atoms with Crippen LogP contribution in [0.4, 0.5) is 22.7 Å². The minimum atomic E-state index is -0.405. The summed E-state index contributed by atoms with van der Waals surface area (Å²) in [4.78, 5) is 22.7. The number of nitrogens with one attached hydrogen (secondary N) is 2. The van der Waals surface area contributed by atoms with E-state index in [1.54, 1.807) is 18.2 Å². The molecule has 0 bridgehead atoms. The predicted octanol–water partition coefficient (Wildman–Crippen LogP) is 4.51. The van der Waals surface area contributed by atoms with E-state index in [9.17, 15) is 14.9 Å². The fourth-order valence-corrected chi connectivity index (χ4v) is 3.13. The van der Waals surface area contributed by atoms with E-state index in [0.29, 0.717) is 12.1 Å². The zero-order valence-corrected chi connectivity index (χ0v) is 13.8. The molecule has 0 atom stereocenters. The van der Waals surface area contributed by atoms with E-state index in [0.717, 1.165) is 22.5 Å². The molecule has 2 aromatic rings. The van der Waals surface area contributed by atoms with Crippen molar-refractivity contribution in [1.82, 2.24) is 0 Å². The molecule has 0 aromatic heterocycles. The van der Waals surface area contributed by atoms with Gasteiger partial charge < -0.3 is 10.6 Å². The second kappa shape index (κ2) is 5.63. The van der Waals surface area contributed by atoms with Gasteiger partial charge in [-0.25, -0.2) is 0 Å². The average molecular weight is 327 g/mol. The van der Waals surface area contributed by atoms with Gasteiger partial charge in [0.1, 0.15) is 5.69 Å². The van der Waals surface area contributed by atoms with Crippen LogP contribution in [0, 0.1) is 17.0 Å². The number of amides is 1. The van der Waals surface area contributed by atoms with Crippen LogP contribution < -0.4 is 10.6 Å². The number of nitro groups is 1. The molecule has 3 rings (SSSR count). The molecule has 6 heteroatoms. The Balaban J connectivity index is 0.00000225. The first-order valence-corrected chi connectivity index (χ1v) is 7.73. The van der Waals surface area contributed by atoms with Gasteiger partial charge in [0.05, 0.1) is 4.92 Å². The Morgan fingerprint density at radius 1 is 1.29 bits per heavy atom. The number of nitro benzene ring substituents is 1. The Kier molecular flexibility index (Phi) is 3.75. The van der Waals surface area contributed by atoms with Crippen molar-refractivity contribution >= 4 is 28.7 Å². The summed E-state index contributed by atoms with van der Waals surface area (Å²) in [5.41, 5.74) is 3.75. The van der Waals surface area contributed by atoms with Crippen LogP contribution in [-0.4, -0.2) is 10.8 Å². The summed E-state index contributed by atoms with van der Waals surface area (Å²) >= 11 is 0. The molecule has 2 aromatic carbocycles. The van der Waals surface area contributed by atoms with Gasteiger partial charge in [0.25, 0.3) is 5.69 Å². The molecule has 0 saturated carbocycles. The first-order chi connectivity index (χ1) is 11.3. The van der Waals surface area contributed by atoms with Crippen LogP contribution in [0.15, 0.2) is 36.4 Å². The summed E-state index contributed by atoms with van der Waals surface area (Å²) in [6, 6.07) is 10.4. The summed E-state index contributed by atoms with van der Waals surface area (Å²) in [6.45, 7) is 5.97. The Morgan fingerprint density at radius 3 is 2.71 bits per heavy atom. The minimum absolute atomic E-state index is 0. The molecule has 0 radical (unpaired) electrons. The van der Waals surface area contributed by atoms with Crippen LogP contribution in [-0.2, 0) is 10.2 Å². The number of carbonyl (C=O) groups is 1. The highest BCUT2D eigenvalue weighted by Gasteiger charge is 2.33.